The van der Waals surface area contributed by atoms with Gasteiger partial charge in [0.25, 0.3) is 5.91 Å². The molecule has 210 valence electrons. The Labute approximate surface area is 225 Å². The zero-order chi connectivity index (χ0) is 28.7. The second kappa shape index (κ2) is 10.5. The fourth-order valence-electron chi connectivity index (χ4n) is 5.71. The number of fused-ring (bicyclic) bond motifs is 2. The summed E-state index contributed by atoms with van der Waals surface area (Å²) in [7, 11) is 0. The quantitative estimate of drug-likeness (QED) is 0.486. The van der Waals surface area contributed by atoms with Gasteiger partial charge in [-0.05, 0) is 30.1 Å². The molecule has 0 bridgehead atoms. The van der Waals surface area contributed by atoms with Crippen LogP contribution in [0.4, 0.5) is 8.78 Å². The molecule has 2 aromatic rings. The van der Waals surface area contributed by atoms with Gasteiger partial charge in [-0.3, -0.25) is 19.2 Å². The largest absolute Gasteiger partial charge is 0.368 e. The average molecular weight is 545 g/mol. The summed E-state index contributed by atoms with van der Waals surface area (Å²) in [6.07, 6.45) is 3.88. The molecule has 4 amide bonds. The van der Waals surface area contributed by atoms with Crippen molar-refractivity contribution in [2.45, 2.75) is 71.0 Å². The molecule has 1 aromatic carbocycles. The molecule has 0 radical (unpaired) electrons. The normalized spacial score (nSPS) is 22.7. The van der Waals surface area contributed by atoms with E-state index in [4.69, 9.17) is 5.73 Å². The summed E-state index contributed by atoms with van der Waals surface area (Å²) < 4.78 is 27.5. The van der Waals surface area contributed by atoms with Gasteiger partial charge in [-0.1, -0.05) is 51.5 Å². The lowest BCUT2D eigenvalue weighted by molar-refractivity contribution is -0.151. The molecule has 1 unspecified atom stereocenters. The van der Waals surface area contributed by atoms with Crippen LogP contribution in [0, 0.1) is 17.3 Å². The van der Waals surface area contributed by atoms with E-state index in [2.05, 4.69) is 20.8 Å². The van der Waals surface area contributed by atoms with Crippen LogP contribution in [0.3, 0.4) is 0 Å². The van der Waals surface area contributed by atoms with Gasteiger partial charge < -0.3 is 21.3 Å². The predicted molar refractivity (Wildman–Crippen MR) is 138 cm³/mol. The summed E-state index contributed by atoms with van der Waals surface area (Å²) in [5.74, 6) is -7.50. The topological polar surface area (TPSA) is 147 Å². The Morgan fingerprint density at radius 3 is 2.41 bits per heavy atom. The van der Waals surface area contributed by atoms with E-state index in [9.17, 15) is 28.0 Å². The molecule has 1 aliphatic heterocycles. The van der Waals surface area contributed by atoms with Crippen molar-refractivity contribution in [3.05, 3.63) is 36.2 Å². The van der Waals surface area contributed by atoms with Crippen molar-refractivity contribution in [1.29, 1.82) is 0 Å². The molecule has 4 rings (SSSR count). The second-order valence-corrected chi connectivity index (χ2v) is 11.6. The van der Waals surface area contributed by atoms with Crippen LogP contribution >= 0.6 is 0 Å². The number of nitrogens with zero attached hydrogens (tertiary/aromatic N) is 3. The Bertz CT molecular complexity index is 1290. The fourth-order valence-corrected chi connectivity index (χ4v) is 5.71. The highest BCUT2D eigenvalue weighted by molar-refractivity contribution is 5.97. The summed E-state index contributed by atoms with van der Waals surface area (Å²) in [6, 6.07) is 3.49. The smallest absolute Gasteiger partial charge is 0.321 e. The van der Waals surface area contributed by atoms with Crippen LogP contribution in [0.1, 0.15) is 58.7 Å². The third-order valence-corrected chi connectivity index (χ3v) is 7.67. The minimum absolute atomic E-state index is 0.0259. The third kappa shape index (κ3) is 5.69. The molecule has 39 heavy (non-hydrogen) atoms. The number of nitrogens with two attached hydrogens (primary N) is 1. The second-order valence-electron chi connectivity index (χ2n) is 11.6. The van der Waals surface area contributed by atoms with Gasteiger partial charge in [-0.2, -0.15) is 19.0 Å². The number of likely N-dealkylation sites (tertiary alicyclic amines) is 1. The minimum atomic E-state index is -3.68. The summed E-state index contributed by atoms with van der Waals surface area (Å²) in [6.45, 7) is 5.65. The van der Waals surface area contributed by atoms with Crippen LogP contribution in [0.5, 0.6) is 0 Å². The van der Waals surface area contributed by atoms with E-state index in [-0.39, 0.29) is 24.1 Å². The molecule has 10 nitrogen and oxygen atoms in total. The van der Waals surface area contributed by atoms with Crippen molar-refractivity contribution in [3.63, 3.8) is 0 Å². The molecule has 4 N–H and O–H groups in total. The van der Waals surface area contributed by atoms with E-state index in [0.29, 0.717) is 24.1 Å². The Morgan fingerprint density at radius 1 is 1.08 bits per heavy atom. The van der Waals surface area contributed by atoms with E-state index in [0.717, 1.165) is 12.8 Å². The Morgan fingerprint density at radius 2 is 1.77 bits per heavy atom. The minimum Gasteiger partial charge on any atom is -0.368 e. The van der Waals surface area contributed by atoms with Gasteiger partial charge in [0.15, 0.2) is 6.04 Å². The average Bonchev–Trinajstić information content (AvgIpc) is 3.45. The van der Waals surface area contributed by atoms with E-state index in [1.807, 2.05) is 0 Å². The van der Waals surface area contributed by atoms with Crippen molar-refractivity contribution < 1.29 is 28.0 Å². The number of amides is 4. The number of primary amides is 1. The highest BCUT2D eigenvalue weighted by Crippen LogP contribution is 2.43. The molecule has 1 saturated heterocycles. The van der Waals surface area contributed by atoms with Crippen molar-refractivity contribution >= 4 is 34.4 Å². The standard InChI is InChI=1S/C27H34F2N6O4/c1-26(2,3)21(33-25(39)27(4,28)29)24(38)35-13-15-9-7-11-17(15)20(35)23(37)32-19(22(30)36)18-16-10-6-5-8-14(16)12-31-34-18/h5-6,8,10,12,15,17,19-21H,7,9,11,13H2,1-4H3,(H2,30,36)(H,32,37)(H,33,39)/t15-,17-,19?,20-,21+/m0/s1. The molecule has 5 atom stereocenters. The fraction of sp³-hybridized carbons (Fsp3) is 0.556. The molecule has 1 aromatic heterocycles. The van der Waals surface area contributed by atoms with Crippen LogP contribution in [0.15, 0.2) is 30.5 Å². The van der Waals surface area contributed by atoms with Gasteiger partial charge in [-0.15, -0.1) is 0 Å². The SMILES string of the molecule is CC(F)(F)C(=O)N[C@H](C(=O)N1C[C@@H]2CCC[C@@H]2[C@H]1C(=O)NC(C(N)=O)c1nncc2ccccc12)C(C)(C)C. The number of aromatic nitrogens is 2. The Kier molecular flexibility index (Phi) is 7.59. The van der Waals surface area contributed by atoms with Crippen molar-refractivity contribution in [1.82, 2.24) is 25.7 Å². The monoisotopic (exact) mass is 544 g/mol. The maximum Gasteiger partial charge on any atom is 0.321 e. The zero-order valence-electron chi connectivity index (χ0n) is 22.4. The molecule has 1 aliphatic carbocycles. The van der Waals surface area contributed by atoms with E-state index in [1.54, 1.807) is 45.0 Å². The number of rotatable bonds is 7. The highest BCUT2D eigenvalue weighted by Gasteiger charge is 2.52. The van der Waals surface area contributed by atoms with Gasteiger partial charge in [0, 0.05) is 24.2 Å². The number of hydrogen-bond donors (Lipinski definition) is 3. The molecule has 0 spiro atoms. The van der Waals surface area contributed by atoms with Crippen LogP contribution < -0.4 is 16.4 Å². The predicted octanol–water partition coefficient (Wildman–Crippen LogP) is 2.09. The third-order valence-electron chi connectivity index (χ3n) is 7.67. The lowest BCUT2D eigenvalue weighted by Crippen LogP contribution is -2.60. The number of benzene rings is 1. The molecular formula is C27H34F2N6O4. The van der Waals surface area contributed by atoms with Crippen LogP contribution in [-0.4, -0.2) is 63.3 Å². The lowest BCUT2D eigenvalue weighted by atomic mass is 9.85. The highest BCUT2D eigenvalue weighted by atomic mass is 19.3. The molecule has 2 aliphatic rings. The molecule has 1 saturated carbocycles. The number of halogens is 2. The first-order valence-electron chi connectivity index (χ1n) is 13.0. The Balaban J connectivity index is 1.66. The number of carbonyl (C=O) groups is 4. The molecular weight excluding hydrogens is 510 g/mol. The zero-order valence-corrected chi connectivity index (χ0v) is 22.4. The van der Waals surface area contributed by atoms with Gasteiger partial charge in [0.2, 0.25) is 17.7 Å². The number of hydrogen-bond acceptors (Lipinski definition) is 6. The van der Waals surface area contributed by atoms with Crippen LogP contribution in [0.2, 0.25) is 0 Å². The van der Waals surface area contributed by atoms with Crippen LogP contribution in [-0.2, 0) is 19.2 Å². The van der Waals surface area contributed by atoms with Crippen molar-refractivity contribution in [3.8, 4) is 0 Å². The number of nitrogens with one attached hydrogen (secondary N) is 2. The summed E-state index contributed by atoms with van der Waals surface area (Å²) in [5, 5.41) is 14.2. The Hall–Kier alpha value is -3.70. The van der Waals surface area contributed by atoms with Crippen LogP contribution in [0.25, 0.3) is 10.8 Å². The first kappa shape index (κ1) is 28.3. The maximum absolute atomic E-state index is 13.8. The maximum atomic E-state index is 13.8. The van der Waals surface area contributed by atoms with E-state index < -0.39 is 53.1 Å². The van der Waals surface area contributed by atoms with Gasteiger partial charge in [0.05, 0.1) is 6.20 Å². The van der Waals surface area contributed by atoms with Gasteiger partial charge in [0.1, 0.15) is 17.8 Å². The number of carbonyl (C=O) groups excluding carboxylic acids is 4. The van der Waals surface area contributed by atoms with Gasteiger partial charge >= 0.3 is 5.92 Å². The van der Waals surface area contributed by atoms with E-state index in [1.165, 1.54) is 11.1 Å². The molecule has 2 heterocycles. The van der Waals surface area contributed by atoms with E-state index >= 15 is 0 Å². The summed E-state index contributed by atoms with van der Waals surface area (Å²) in [5.41, 5.74) is 4.94. The van der Waals surface area contributed by atoms with Gasteiger partial charge in [-0.25, -0.2) is 0 Å². The first-order chi connectivity index (χ1) is 18.2. The number of alkyl halides is 2. The molecule has 2 fully saturated rings. The first-order valence-corrected chi connectivity index (χ1v) is 13.0. The van der Waals surface area contributed by atoms with Crippen molar-refractivity contribution in [2.75, 3.05) is 6.54 Å². The molecule has 12 heteroatoms. The summed E-state index contributed by atoms with van der Waals surface area (Å²) >= 11 is 0. The summed E-state index contributed by atoms with van der Waals surface area (Å²) in [4.78, 5) is 53.7. The van der Waals surface area contributed by atoms with Crippen molar-refractivity contribution in [2.24, 2.45) is 23.0 Å². The lowest BCUT2D eigenvalue weighted by Gasteiger charge is -2.37.